The van der Waals surface area contributed by atoms with E-state index < -0.39 is 10.2 Å². The number of nitrogens with one attached hydrogen (secondary N) is 2. The minimum absolute atomic E-state index is 0.0409. The molecule has 9 heteroatoms. The Bertz CT molecular complexity index is 758. The number of carbonyl (C=O) groups excluding carboxylic acids is 1. The molecule has 0 spiro atoms. The Morgan fingerprint density at radius 1 is 0.889 bits per heavy atom. The van der Waals surface area contributed by atoms with Gasteiger partial charge in [-0.2, -0.15) is 17.0 Å². The van der Waals surface area contributed by atoms with Crippen molar-refractivity contribution in [3.8, 4) is 0 Å². The Hall–Kier alpha value is -1.52. The molecule has 3 aliphatic heterocycles. The lowest BCUT2D eigenvalue weighted by Gasteiger charge is -2.36. The smallest absolute Gasteiger partial charge is 0.282 e. The summed E-state index contributed by atoms with van der Waals surface area (Å²) in [7, 11) is -3.37. The highest BCUT2D eigenvalue weighted by Gasteiger charge is 2.37. The summed E-state index contributed by atoms with van der Waals surface area (Å²) in [5.74, 6) is 0.0409. The highest BCUT2D eigenvalue weighted by atomic mass is 32.2. The molecule has 0 aromatic heterocycles. The Morgan fingerprint density at radius 3 is 2.19 bits per heavy atom. The third-order valence-electron chi connectivity index (χ3n) is 5.67. The number of carbonyl (C=O) groups is 1. The van der Waals surface area contributed by atoms with Gasteiger partial charge in [0.1, 0.15) is 6.04 Å². The Balaban J connectivity index is 1.31. The molecule has 0 aliphatic carbocycles. The van der Waals surface area contributed by atoms with E-state index in [4.69, 9.17) is 0 Å². The lowest BCUT2D eigenvalue weighted by atomic mass is 10.0. The molecule has 1 aromatic rings. The average molecular weight is 394 g/mol. The zero-order valence-corrected chi connectivity index (χ0v) is 16.2. The summed E-state index contributed by atoms with van der Waals surface area (Å²) in [6.07, 6.45) is 2.55. The number of hydrazine groups is 1. The van der Waals surface area contributed by atoms with Gasteiger partial charge >= 0.3 is 0 Å². The molecular weight excluding hydrogens is 366 g/mol. The van der Waals surface area contributed by atoms with Gasteiger partial charge in [0.2, 0.25) is 5.91 Å². The van der Waals surface area contributed by atoms with Crippen LogP contribution in [0, 0.1) is 0 Å². The van der Waals surface area contributed by atoms with Crippen molar-refractivity contribution in [2.45, 2.75) is 31.3 Å². The van der Waals surface area contributed by atoms with Gasteiger partial charge in [-0.15, -0.1) is 0 Å². The number of hydrogen-bond acceptors (Lipinski definition) is 5. The molecule has 1 aromatic carbocycles. The van der Waals surface area contributed by atoms with Gasteiger partial charge in [-0.25, -0.2) is 10.9 Å². The van der Waals surface area contributed by atoms with Gasteiger partial charge in [-0.05, 0) is 24.8 Å². The summed E-state index contributed by atoms with van der Waals surface area (Å²) in [4.78, 5) is 14.6. The topological polar surface area (TPSA) is 85.0 Å². The molecule has 0 radical (unpaired) electrons. The van der Waals surface area contributed by atoms with Gasteiger partial charge in [0.05, 0.1) is 0 Å². The summed E-state index contributed by atoms with van der Waals surface area (Å²) >= 11 is 0. The molecule has 0 bridgehead atoms. The molecule has 3 heterocycles. The quantitative estimate of drug-likeness (QED) is 0.757. The van der Waals surface area contributed by atoms with Crippen LogP contribution < -0.4 is 10.9 Å². The standard InChI is InChI=1S/C18H27N5O3S/c24-18(17-14-16(19-20-17)15-6-2-1-3-7-15)21-10-12-23(13-11-21)27(25,26)22-8-4-5-9-22/h1-3,6-7,16-17,19-20H,4-5,8-14H2. The van der Waals surface area contributed by atoms with Crippen LogP contribution in [-0.2, 0) is 15.0 Å². The lowest BCUT2D eigenvalue weighted by molar-refractivity contribution is -0.134. The van der Waals surface area contributed by atoms with E-state index in [-0.39, 0.29) is 18.0 Å². The first-order chi connectivity index (χ1) is 13.1. The molecule has 0 saturated carbocycles. The van der Waals surface area contributed by atoms with Gasteiger partial charge < -0.3 is 4.90 Å². The normalized spacial score (nSPS) is 27.9. The maximum Gasteiger partial charge on any atom is 0.282 e. The maximum absolute atomic E-state index is 12.8. The van der Waals surface area contributed by atoms with Crippen LogP contribution in [0.5, 0.6) is 0 Å². The molecule has 2 N–H and O–H groups in total. The molecule has 2 atom stereocenters. The van der Waals surface area contributed by atoms with E-state index >= 15 is 0 Å². The van der Waals surface area contributed by atoms with Crippen LogP contribution in [0.1, 0.15) is 30.9 Å². The first kappa shape index (κ1) is 18.8. The highest BCUT2D eigenvalue weighted by Crippen LogP contribution is 2.24. The number of amides is 1. The molecular formula is C18H27N5O3S. The molecule has 3 fully saturated rings. The van der Waals surface area contributed by atoms with E-state index in [2.05, 4.69) is 10.9 Å². The molecule has 8 nitrogen and oxygen atoms in total. The van der Waals surface area contributed by atoms with Crippen LogP contribution in [0.2, 0.25) is 0 Å². The zero-order valence-electron chi connectivity index (χ0n) is 15.4. The molecule has 2 unspecified atom stereocenters. The number of nitrogens with zero attached hydrogens (tertiary/aromatic N) is 3. The predicted octanol–water partition coefficient (Wildman–Crippen LogP) is 0.0790. The third kappa shape index (κ3) is 3.88. The average Bonchev–Trinajstić information content (AvgIpc) is 3.41. The summed E-state index contributed by atoms with van der Waals surface area (Å²) < 4.78 is 28.4. The largest absolute Gasteiger partial charge is 0.339 e. The molecule has 1 amide bonds. The van der Waals surface area contributed by atoms with E-state index in [1.807, 2.05) is 30.3 Å². The number of rotatable bonds is 4. The fourth-order valence-corrected chi connectivity index (χ4v) is 5.73. The Labute approximate surface area is 160 Å². The Morgan fingerprint density at radius 2 is 1.52 bits per heavy atom. The van der Waals surface area contributed by atoms with Crippen molar-refractivity contribution in [2.75, 3.05) is 39.3 Å². The minimum atomic E-state index is -3.37. The van der Waals surface area contributed by atoms with Crippen LogP contribution in [0.25, 0.3) is 0 Å². The zero-order chi connectivity index (χ0) is 18.9. The van der Waals surface area contributed by atoms with Crippen molar-refractivity contribution in [2.24, 2.45) is 0 Å². The van der Waals surface area contributed by atoms with Crippen molar-refractivity contribution in [3.63, 3.8) is 0 Å². The van der Waals surface area contributed by atoms with Crippen molar-refractivity contribution in [3.05, 3.63) is 35.9 Å². The monoisotopic (exact) mass is 393 g/mol. The fraction of sp³-hybridized carbons (Fsp3) is 0.611. The predicted molar refractivity (Wildman–Crippen MR) is 102 cm³/mol. The second-order valence-electron chi connectivity index (χ2n) is 7.38. The number of hydrogen-bond donors (Lipinski definition) is 2. The fourth-order valence-electron chi connectivity index (χ4n) is 4.06. The van der Waals surface area contributed by atoms with Gasteiger partial charge in [0.25, 0.3) is 10.2 Å². The number of benzene rings is 1. The van der Waals surface area contributed by atoms with Crippen LogP contribution >= 0.6 is 0 Å². The lowest BCUT2D eigenvalue weighted by Crippen LogP contribution is -2.56. The van der Waals surface area contributed by atoms with Crippen LogP contribution in [-0.4, -0.2) is 73.1 Å². The third-order valence-corrected chi connectivity index (χ3v) is 7.71. The summed E-state index contributed by atoms with van der Waals surface area (Å²) in [5, 5.41) is 0. The Kier molecular flexibility index (Phi) is 5.47. The molecule has 4 rings (SSSR count). The van der Waals surface area contributed by atoms with Gasteiger partial charge in [0.15, 0.2) is 0 Å². The summed E-state index contributed by atoms with van der Waals surface area (Å²) in [5.41, 5.74) is 7.46. The summed E-state index contributed by atoms with van der Waals surface area (Å²) in [6, 6.07) is 9.89. The van der Waals surface area contributed by atoms with Crippen LogP contribution in [0.3, 0.4) is 0 Å². The van der Waals surface area contributed by atoms with Crippen molar-refractivity contribution < 1.29 is 13.2 Å². The van der Waals surface area contributed by atoms with Gasteiger partial charge in [-0.1, -0.05) is 30.3 Å². The van der Waals surface area contributed by atoms with Crippen molar-refractivity contribution in [1.29, 1.82) is 0 Å². The van der Waals surface area contributed by atoms with Crippen molar-refractivity contribution >= 4 is 16.1 Å². The highest BCUT2D eigenvalue weighted by molar-refractivity contribution is 7.86. The SMILES string of the molecule is O=C(C1CC(c2ccccc2)NN1)N1CCN(S(=O)(=O)N2CCCC2)CC1. The van der Waals surface area contributed by atoms with E-state index in [0.29, 0.717) is 45.7 Å². The minimum Gasteiger partial charge on any atom is -0.339 e. The second-order valence-corrected chi connectivity index (χ2v) is 9.31. The maximum atomic E-state index is 12.8. The van der Waals surface area contributed by atoms with Crippen molar-refractivity contribution in [1.82, 2.24) is 24.4 Å². The molecule has 27 heavy (non-hydrogen) atoms. The van der Waals surface area contributed by atoms with Gasteiger partial charge in [0, 0.05) is 45.3 Å². The van der Waals surface area contributed by atoms with E-state index in [9.17, 15) is 13.2 Å². The van der Waals surface area contributed by atoms with Gasteiger partial charge in [-0.3, -0.25) is 4.79 Å². The first-order valence-corrected chi connectivity index (χ1v) is 11.1. The van der Waals surface area contributed by atoms with Crippen LogP contribution in [0.4, 0.5) is 0 Å². The molecule has 3 aliphatic rings. The summed E-state index contributed by atoms with van der Waals surface area (Å²) in [6.45, 7) is 2.85. The second kappa shape index (κ2) is 7.84. The van der Waals surface area contributed by atoms with E-state index in [1.165, 1.54) is 4.31 Å². The van der Waals surface area contributed by atoms with Crippen LogP contribution in [0.15, 0.2) is 30.3 Å². The van der Waals surface area contributed by atoms with E-state index in [0.717, 1.165) is 18.4 Å². The first-order valence-electron chi connectivity index (χ1n) is 9.66. The molecule has 148 valence electrons. The van der Waals surface area contributed by atoms with E-state index in [1.54, 1.807) is 9.21 Å². The molecule has 3 saturated heterocycles. The number of piperazine rings is 1.